The molecule has 1 aromatic rings. The summed E-state index contributed by atoms with van der Waals surface area (Å²) in [5.41, 5.74) is 6.35. The van der Waals surface area contributed by atoms with Gasteiger partial charge in [0.1, 0.15) is 6.04 Å². The van der Waals surface area contributed by atoms with E-state index in [1.807, 2.05) is 44.2 Å². The van der Waals surface area contributed by atoms with Crippen LogP contribution in [0.1, 0.15) is 25.8 Å². The monoisotopic (exact) mass is 421 g/mol. The number of amides is 3. The average Bonchev–Trinajstić information content (AvgIpc) is 2.73. The minimum Gasteiger partial charge on any atom is -0.436 e. The molecule has 2 atom stereocenters. The number of hydrogen-bond donors (Lipinski definition) is 2. The van der Waals surface area contributed by atoms with Gasteiger partial charge in [-0.2, -0.15) is 0 Å². The lowest BCUT2D eigenvalue weighted by Crippen LogP contribution is -2.52. The predicted octanol–water partition coefficient (Wildman–Crippen LogP) is 1.06. The molecule has 0 aromatic heterocycles. The van der Waals surface area contributed by atoms with E-state index in [1.54, 1.807) is 0 Å². The molecule has 1 aliphatic rings. The van der Waals surface area contributed by atoms with Gasteiger partial charge in [-0.05, 0) is 17.9 Å². The Hall–Kier alpha value is -2.65. The molecular weight excluding hydrogens is 390 g/mol. The number of ether oxygens (including phenoxy) is 3. The van der Waals surface area contributed by atoms with Crippen LogP contribution in [0.25, 0.3) is 0 Å². The molecule has 2 rings (SSSR count). The van der Waals surface area contributed by atoms with Gasteiger partial charge in [0.05, 0.1) is 26.4 Å². The molecule has 3 N–H and O–H groups in total. The molecular formula is C21H31N3O6. The Kier molecular flexibility index (Phi) is 9.56. The van der Waals surface area contributed by atoms with E-state index < -0.39 is 30.1 Å². The molecule has 1 fully saturated rings. The van der Waals surface area contributed by atoms with Crippen LogP contribution in [0.5, 0.6) is 0 Å². The molecule has 1 saturated heterocycles. The quantitative estimate of drug-likeness (QED) is 0.583. The van der Waals surface area contributed by atoms with Gasteiger partial charge >= 0.3 is 6.09 Å². The molecule has 1 aliphatic heterocycles. The maximum absolute atomic E-state index is 12.8. The minimum atomic E-state index is -1.03. The summed E-state index contributed by atoms with van der Waals surface area (Å²) in [5, 5.41) is 2.56. The molecule has 9 heteroatoms. The number of benzene rings is 1. The highest BCUT2D eigenvalue weighted by Crippen LogP contribution is 2.12. The van der Waals surface area contributed by atoms with Crippen molar-refractivity contribution in [1.82, 2.24) is 10.2 Å². The minimum absolute atomic E-state index is 0.0816. The molecule has 30 heavy (non-hydrogen) atoms. The van der Waals surface area contributed by atoms with Crippen molar-refractivity contribution in [1.29, 1.82) is 0 Å². The highest BCUT2D eigenvalue weighted by atomic mass is 16.6. The molecule has 1 aromatic carbocycles. The third kappa shape index (κ3) is 8.00. The lowest BCUT2D eigenvalue weighted by molar-refractivity contribution is -0.135. The molecule has 0 spiro atoms. The molecule has 166 valence electrons. The fourth-order valence-electron chi connectivity index (χ4n) is 2.91. The molecule has 1 heterocycles. The molecule has 9 nitrogen and oxygen atoms in total. The van der Waals surface area contributed by atoms with E-state index in [0.29, 0.717) is 32.7 Å². The first-order valence-electron chi connectivity index (χ1n) is 10.1. The third-order valence-corrected chi connectivity index (χ3v) is 4.55. The zero-order valence-electron chi connectivity index (χ0n) is 17.5. The van der Waals surface area contributed by atoms with Crippen molar-refractivity contribution in [2.24, 2.45) is 11.7 Å². The van der Waals surface area contributed by atoms with Crippen molar-refractivity contribution in [3.05, 3.63) is 35.9 Å². The number of carbonyl (C=O) groups is 3. The fourth-order valence-corrected chi connectivity index (χ4v) is 2.91. The zero-order valence-corrected chi connectivity index (χ0v) is 17.5. The highest BCUT2D eigenvalue weighted by molar-refractivity contribution is 5.89. The summed E-state index contributed by atoms with van der Waals surface area (Å²) < 4.78 is 16.2. The second-order valence-corrected chi connectivity index (χ2v) is 7.57. The van der Waals surface area contributed by atoms with Gasteiger partial charge in [0, 0.05) is 13.1 Å². The number of primary amides is 1. The molecule has 0 saturated carbocycles. The van der Waals surface area contributed by atoms with E-state index in [0.717, 1.165) is 5.56 Å². The van der Waals surface area contributed by atoms with Crippen LogP contribution in [-0.2, 0) is 30.4 Å². The van der Waals surface area contributed by atoms with Gasteiger partial charge in [-0.15, -0.1) is 0 Å². The standard InChI is InChI=1S/C21H31N3O6/c1-15(2)12-18(30-21(27)24-8-10-28-11-9-24)20(26)23-17(19(22)25)14-29-13-16-6-4-3-5-7-16/h3-7,15,17-18H,8-14H2,1-2H3,(H2,22,25)(H,23,26)/t17-,18-/m0/s1. The van der Waals surface area contributed by atoms with E-state index in [1.165, 1.54) is 4.90 Å². The summed E-state index contributed by atoms with van der Waals surface area (Å²) in [6, 6.07) is 8.40. The second kappa shape index (κ2) is 12.1. The summed E-state index contributed by atoms with van der Waals surface area (Å²) in [7, 11) is 0. The molecule has 3 amide bonds. The third-order valence-electron chi connectivity index (χ3n) is 4.55. The number of nitrogens with zero attached hydrogens (tertiary/aromatic N) is 1. The molecule has 0 radical (unpaired) electrons. The van der Waals surface area contributed by atoms with Crippen molar-refractivity contribution < 1.29 is 28.6 Å². The zero-order chi connectivity index (χ0) is 21.9. The number of nitrogens with two attached hydrogens (primary N) is 1. The molecule has 0 unspecified atom stereocenters. The van der Waals surface area contributed by atoms with Crippen LogP contribution < -0.4 is 11.1 Å². The predicted molar refractivity (Wildman–Crippen MR) is 109 cm³/mol. The number of hydrogen-bond acceptors (Lipinski definition) is 6. The number of carbonyl (C=O) groups excluding carboxylic acids is 3. The first-order chi connectivity index (χ1) is 14.4. The van der Waals surface area contributed by atoms with Crippen molar-refractivity contribution in [3.8, 4) is 0 Å². The van der Waals surface area contributed by atoms with E-state index >= 15 is 0 Å². The van der Waals surface area contributed by atoms with Gasteiger partial charge in [0.2, 0.25) is 5.91 Å². The van der Waals surface area contributed by atoms with Gasteiger partial charge in [-0.25, -0.2) is 4.79 Å². The van der Waals surface area contributed by atoms with Crippen LogP contribution in [0.2, 0.25) is 0 Å². The lowest BCUT2D eigenvalue weighted by Gasteiger charge is -2.29. The Morgan fingerprint density at radius 3 is 2.43 bits per heavy atom. The highest BCUT2D eigenvalue weighted by Gasteiger charge is 2.30. The first kappa shape index (κ1) is 23.6. The van der Waals surface area contributed by atoms with E-state index in [9.17, 15) is 14.4 Å². The van der Waals surface area contributed by atoms with Crippen molar-refractivity contribution in [2.75, 3.05) is 32.9 Å². The summed E-state index contributed by atoms with van der Waals surface area (Å²) in [6.45, 7) is 5.70. The van der Waals surface area contributed by atoms with Crippen LogP contribution in [-0.4, -0.2) is 67.9 Å². The summed E-state index contributed by atoms with van der Waals surface area (Å²) >= 11 is 0. The number of rotatable bonds is 10. The first-order valence-corrected chi connectivity index (χ1v) is 10.1. The Labute approximate surface area is 176 Å². The second-order valence-electron chi connectivity index (χ2n) is 7.57. The Balaban J connectivity index is 1.92. The number of nitrogens with one attached hydrogen (secondary N) is 1. The fraction of sp³-hybridized carbons (Fsp3) is 0.571. The van der Waals surface area contributed by atoms with Gasteiger partial charge in [-0.1, -0.05) is 44.2 Å². The lowest BCUT2D eigenvalue weighted by atomic mass is 10.0. The van der Waals surface area contributed by atoms with Crippen LogP contribution in [0, 0.1) is 5.92 Å². The number of morpholine rings is 1. The molecule has 0 bridgehead atoms. The Bertz CT molecular complexity index is 691. The van der Waals surface area contributed by atoms with Crippen LogP contribution in [0.15, 0.2) is 30.3 Å². The smallest absolute Gasteiger partial charge is 0.410 e. The van der Waals surface area contributed by atoms with Gasteiger partial charge in [-0.3, -0.25) is 9.59 Å². The average molecular weight is 421 g/mol. The van der Waals surface area contributed by atoms with Gasteiger partial charge in [0.15, 0.2) is 6.10 Å². The molecule has 0 aliphatic carbocycles. The maximum Gasteiger partial charge on any atom is 0.410 e. The summed E-state index contributed by atoms with van der Waals surface area (Å²) in [5.74, 6) is -1.20. The summed E-state index contributed by atoms with van der Waals surface area (Å²) in [6.07, 6.45) is -1.29. The Morgan fingerprint density at radius 1 is 1.17 bits per heavy atom. The van der Waals surface area contributed by atoms with Crippen LogP contribution in [0.3, 0.4) is 0 Å². The van der Waals surface area contributed by atoms with E-state index in [-0.39, 0.29) is 19.1 Å². The van der Waals surface area contributed by atoms with Crippen molar-refractivity contribution in [2.45, 2.75) is 39.0 Å². The van der Waals surface area contributed by atoms with Gasteiger partial charge in [0.25, 0.3) is 5.91 Å². The van der Waals surface area contributed by atoms with E-state index in [2.05, 4.69) is 5.32 Å². The van der Waals surface area contributed by atoms with Crippen molar-refractivity contribution >= 4 is 17.9 Å². The van der Waals surface area contributed by atoms with E-state index in [4.69, 9.17) is 19.9 Å². The maximum atomic E-state index is 12.8. The summed E-state index contributed by atoms with van der Waals surface area (Å²) in [4.78, 5) is 38.4. The SMILES string of the molecule is CC(C)C[C@H](OC(=O)N1CCOCC1)C(=O)N[C@@H](COCc1ccccc1)C(N)=O. The Morgan fingerprint density at radius 2 is 1.83 bits per heavy atom. The van der Waals surface area contributed by atoms with Crippen LogP contribution in [0.4, 0.5) is 4.79 Å². The topological polar surface area (TPSA) is 120 Å². The largest absolute Gasteiger partial charge is 0.436 e. The normalized spacial score (nSPS) is 16.0. The van der Waals surface area contributed by atoms with Crippen LogP contribution >= 0.6 is 0 Å². The van der Waals surface area contributed by atoms with Crippen molar-refractivity contribution in [3.63, 3.8) is 0 Å². The van der Waals surface area contributed by atoms with Gasteiger partial charge < -0.3 is 30.2 Å².